The minimum absolute atomic E-state index is 0.0978. The Kier molecular flexibility index (Phi) is 35.2. The van der Waals surface area contributed by atoms with E-state index in [1.165, 1.54) is 103 Å². The van der Waals surface area contributed by atoms with E-state index >= 15 is 0 Å². The van der Waals surface area contributed by atoms with Crippen LogP contribution < -0.4 is 11.5 Å². The number of rotatable bonds is 30. The molecule has 0 aliphatic rings. The molecule has 0 aliphatic heterocycles. The summed E-state index contributed by atoms with van der Waals surface area (Å²) in [7, 11) is 3.42. The molecule has 0 amide bonds. The molecule has 2 atom stereocenters. The average Bonchev–Trinajstić information content (AvgIpc) is 3.03. The number of Topliss-reactive ketones (excluding diaryl/α,β-unsaturated/α-hetero) is 2. The first-order valence-corrected chi connectivity index (χ1v) is 21.0. The minimum Gasteiger partial charge on any atom is -0.759 e. The van der Waals surface area contributed by atoms with Gasteiger partial charge in [-0.3, -0.25) is 18.0 Å². The number of hydrogen-bond acceptors (Lipinski definition) is 8. The maximum Gasteiger partial charge on any atom is 0.189 e. The molecule has 0 spiro atoms. The van der Waals surface area contributed by atoms with Gasteiger partial charge in [0.05, 0.1) is 41.3 Å². The van der Waals surface area contributed by atoms with Gasteiger partial charge in [-0.15, -0.1) is 0 Å². The molecule has 0 saturated heterocycles. The van der Waals surface area contributed by atoms with Gasteiger partial charge in [-0.05, 0) is 39.8 Å². The lowest BCUT2D eigenvalue weighted by atomic mass is 10.0. The summed E-state index contributed by atoms with van der Waals surface area (Å²) in [5.41, 5.74) is 11.2. The topological polar surface area (TPSA) is 166 Å². The molecule has 0 aromatic rings. The van der Waals surface area contributed by atoms with Gasteiger partial charge in [0, 0.05) is 36.1 Å². The molecule has 0 saturated carbocycles. The predicted molar refractivity (Wildman–Crippen MR) is 204 cm³/mol. The SMILES string of the molecule is CCCCCCCCCCCC(=O)C(C)[N+](C)(C)CCCN.CCCCCCCCCCCC(=O)C(C)[N+](C)(C)CCCN.O=S(=O)([O-])[O-]. The van der Waals surface area contributed by atoms with Crippen LogP contribution in [-0.2, 0) is 20.0 Å². The first-order chi connectivity index (χ1) is 22.9. The van der Waals surface area contributed by atoms with Crippen molar-refractivity contribution in [1.29, 1.82) is 0 Å². The Morgan fingerprint density at radius 2 is 0.735 bits per heavy atom. The molecule has 0 heterocycles. The summed E-state index contributed by atoms with van der Waals surface area (Å²) in [6.07, 6.45) is 27.0. The average molecular weight is 723 g/mol. The van der Waals surface area contributed by atoms with Crippen LogP contribution in [-0.4, -0.2) is 105 Å². The van der Waals surface area contributed by atoms with E-state index in [2.05, 4.69) is 55.9 Å². The van der Waals surface area contributed by atoms with Crippen molar-refractivity contribution in [1.82, 2.24) is 0 Å². The Morgan fingerprint density at radius 1 is 0.510 bits per heavy atom. The van der Waals surface area contributed by atoms with Crippen LogP contribution in [0, 0.1) is 0 Å². The summed E-state index contributed by atoms with van der Waals surface area (Å²) >= 11 is 0. The normalized spacial score (nSPS) is 13.1. The highest BCUT2D eigenvalue weighted by atomic mass is 32.3. The number of carbonyl (C=O) groups excluding carboxylic acids is 2. The molecule has 4 N–H and O–H groups in total. The van der Waals surface area contributed by atoms with Crippen LogP contribution in [0.3, 0.4) is 0 Å². The molecule has 0 fully saturated rings. The second kappa shape index (κ2) is 32.9. The molecule has 0 rings (SSSR count). The van der Waals surface area contributed by atoms with Gasteiger partial charge in [0.15, 0.2) is 11.6 Å². The highest BCUT2D eigenvalue weighted by molar-refractivity contribution is 7.79. The molecular weight excluding hydrogens is 641 g/mol. The molecule has 0 aliphatic carbocycles. The zero-order chi connectivity index (χ0) is 38.2. The van der Waals surface area contributed by atoms with Crippen molar-refractivity contribution in [3.8, 4) is 0 Å². The van der Waals surface area contributed by atoms with E-state index in [1.807, 2.05) is 0 Å². The van der Waals surface area contributed by atoms with E-state index in [1.54, 1.807) is 0 Å². The van der Waals surface area contributed by atoms with E-state index in [4.69, 9.17) is 29.0 Å². The van der Waals surface area contributed by atoms with Crippen molar-refractivity contribution < 1.29 is 36.1 Å². The Balaban J connectivity index is -0.000000757. The van der Waals surface area contributed by atoms with Crippen LogP contribution >= 0.6 is 0 Å². The lowest BCUT2D eigenvalue weighted by Gasteiger charge is -2.35. The summed E-state index contributed by atoms with van der Waals surface area (Å²) in [5, 5.41) is 0. The second-order valence-corrected chi connectivity index (χ2v) is 16.0. The van der Waals surface area contributed by atoms with Crippen molar-refractivity contribution >= 4 is 22.0 Å². The molecule has 11 heteroatoms. The Morgan fingerprint density at radius 3 is 0.959 bits per heavy atom. The maximum atomic E-state index is 12.3. The molecule has 49 heavy (non-hydrogen) atoms. The molecule has 0 aromatic carbocycles. The van der Waals surface area contributed by atoms with E-state index in [0.717, 1.165) is 60.6 Å². The van der Waals surface area contributed by atoms with Gasteiger partial charge in [0.2, 0.25) is 0 Å². The van der Waals surface area contributed by atoms with Gasteiger partial charge in [0.1, 0.15) is 12.1 Å². The first kappa shape index (κ1) is 52.4. The lowest BCUT2D eigenvalue weighted by Crippen LogP contribution is -2.52. The fraction of sp³-hybridized carbons (Fsp3) is 0.947. The zero-order valence-corrected chi connectivity index (χ0v) is 34.3. The summed E-state index contributed by atoms with van der Waals surface area (Å²) in [5.74, 6) is 0.843. The van der Waals surface area contributed by atoms with Crippen LogP contribution in [0.15, 0.2) is 0 Å². The summed E-state index contributed by atoms with van der Waals surface area (Å²) < 4.78 is 35.6. The fourth-order valence-electron chi connectivity index (χ4n) is 5.80. The smallest absolute Gasteiger partial charge is 0.189 e. The van der Waals surface area contributed by atoms with Crippen LogP contribution in [0.4, 0.5) is 0 Å². The van der Waals surface area contributed by atoms with E-state index in [9.17, 15) is 9.59 Å². The van der Waals surface area contributed by atoms with Gasteiger partial charge < -0.3 is 29.5 Å². The molecule has 0 bridgehead atoms. The fourth-order valence-corrected chi connectivity index (χ4v) is 5.80. The van der Waals surface area contributed by atoms with Crippen molar-refractivity contribution in [2.45, 2.75) is 181 Å². The molecule has 10 nitrogen and oxygen atoms in total. The lowest BCUT2D eigenvalue weighted by molar-refractivity contribution is -0.904. The monoisotopic (exact) mass is 723 g/mol. The molecule has 0 radical (unpaired) electrons. The highest BCUT2D eigenvalue weighted by Crippen LogP contribution is 2.16. The van der Waals surface area contributed by atoms with Gasteiger partial charge in [0.25, 0.3) is 0 Å². The van der Waals surface area contributed by atoms with Crippen LogP contribution in [0.2, 0.25) is 0 Å². The number of nitrogens with two attached hydrogens (primary N) is 2. The number of hydrogen-bond donors (Lipinski definition) is 2. The number of likely N-dealkylation sites (N-methyl/N-ethyl adjacent to an activating group) is 2. The van der Waals surface area contributed by atoms with E-state index < -0.39 is 10.4 Å². The Hall–Kier alpha value is -0.950. The standard InChI is InChI=1S/2C19H41N2O.H2O4S/c2*1-5-6-7-8-9-10-11-12-13-15-19(22)18(2)21(3,4)17-14-16-20;1-5(2,3)4/h2*18H,5-17,20H2,1-4H3;(H2,1,2,3,4)/q2*+1;/p-2. The van der Waals surface area contributed by atoms with Crippen LogP contribution in [0.5, 0.6) is 0 Å². The van der Waals surface area contributed by atoms with Gasteiger partial charge in [-0.2, -0.15) is 0 Å². The van der Waals surface area contributed by atoms with Crippen molar-refractivity contribution in [3.05, 3.63) is 0 Å². The maximum absolute atomic E-state index is 12.3. The number of nitrogens with zero attached hydrogens (tertiary/aromatic N) is 2. The third kappa shape index (κ3) is 36.6. The molecule has 0 aromatic heterocycles. The molecule has 2 unspecified atom stereocenters. The van der Waals surface area contributed by atoms with E-state index in [0.29, 0.717) is 24.7 Å². The number of quaternary nitrogens is 2. The minimum atomic E-state index is -5.17. The third-order valence-electron chi connectivity index (χ3n) is 9.96. The quantitative estimate of drug-likeness (QED) is 0.0339. The van der Waals surface area contributed by atoms with Gasteiger partial charge in [-0.1, -0.05) is 117 Å². The number of unbranched alkanes of at least 4 members (excludes halogenated alkanes) is 16. The van der Waals surface area contributed by atoms with Crippen LogP contribution in [0.25, 0.3) is 0 Å². The van der Waals surface area contributed by atoms with Crippen molar-refractivity contribution in [3.63, 3.8) is 0 Å². The van der Waals surface area contributed by atoms with Crippen molar-refractivity contribution in [2.24, 2.45) is 11.5 Å². The number of carbonyl (C=O) groups is 2. The predicted octanol–water partition coefficient (Wildman–Crippen LogP) is 7.24. The Labute approximate surface area is 304 Å². The van der Waals surface area contributed by atoms with Gasteiger partial charge >= 0.3 is 0 Å². The van der Waals surface area contributed by atoms with E-state index in [-0.39, 0.29) is 12.1 Å². The van der Waals surface area contributed by atoms with Crippen molar-refractivity contribution in [2.75, 3.05) is 54.4 Å². The van der Waals surface area contributed by atoms with Crippen LogP contribution in [0.1, 0.15) is 169 Å². The molecular formula is C38H82N4O6S. The number of ketones is 2. The Bertz CT molecular complexity index is 819. The highest BCUT2D eigenvalue weighted by Gasteiger charge is 2.30. The largest absolute Gasteiger partial charge is 0.759 e. The molecule has 296 valence electrons. The van der Waals surface area contributed by atoms with Gasteiger partial charge in [-0.25, -0.2) is 0 Å². The summed E-state index contributed by atoms with van der Waals surface area (Å²) in [4.78, 5) is 24.6. The summed E-state index contributed by atoms with van der Waals surface area (Å²) in [6, 6.07) is 0.196. The zero-order valence-electron chi connectivity index (χ0n) is 33.4. The first-order valence-electron chi connectivity index (χ1n) is 19.7. The third-order valence-corrected chi connectivity index (χ3v) is 9.96. The summed E-state index contributed by atoms with van der Waals surface area (Å²) in [6.45, 7) is 12.1. The second-order valence-electron chi connectivity index (χ2n) is 15.1.